The van der Waals surface area contributed by atoms with Crippen molar-refractivity contribution in [1.82, 2.24) is 19.7 Å². The molecule has 0 spiro atoms. The topological polar surface area (TPSA) is 72.7 Å². The van der Waals surface area contributed by atoms with Crippen LogP contribution in [0.1, 0.15) is 36.8 Å². The Morgan fingerprint density at radius 1 is 1.13 bits per heavy atom. The lowest BCUT2D eigenvalue weighted by Gasteiger charge is -2.17. The zero-order chi connectivity index (χ0) is 22.2. The van der Waals surface area contributed by atoms with Crippen molar-refractivity contribution in [2.45, 2.75) is 26.2 Å². The Balaban J connectivity index is 1.62. The highest BCUT2D eigenvalue weighted by Crippen LogP contribution is 2.33. The molecule has 0 saturated heterocycles. The molecular formula is C22H19F2N5OS. The van der Waals surface area contributed by atoms with Crippen molar-refractivity contribution in [2.24, 2.45) is 0 Å². The van der Waals surface area contributed by atoms with Crippen molar-refractivity contribution >= 4 is 23.1 Å². The predicted molar refractivity (Wildman–Crippen MR) is 115 cm³/mol. The van der Waals surface area contributed by atoms with Crippen molar-refractivity contribution in [2.75, 3.05) is 5.32 Å². The molecule has 1 aromatic carbocycles. The van der Waals surface area contributed by atoms with Crippen molar-refractivity contribution in [1.29, 1.82) is 0 Å². The van der Waals surface area contributed by atoms with Crippen molar-refractivity contribution in [3.05, 3.63) is 77.2 Å². The van der Waals surface area contributed by atoms with Gasteiger partial charge in [0, 0.05) is 40.5 Å². The molecule has 4 rings (SSSR count). The molecule has 3 heterocycles. The molecule has 158 valence electrons. The first-order chi connectivity index (χ1) is 14.7. The van der Waals surface area contributed by atoms with Crippen LogP contribution < -0.4 is 5.32 Å². The predicted octanol–water partition coefficient (Wildman–Crippen LogP) is 5.22. The summed E-state index contributed by atoms with van der Waals surface area (Å²) in [7, 11) is 0. The number of nitrogens with zero attached hydrogens (tertiary/aromatic N) is 4. The van der Waals surface area contributed by atoms with Crippen LogP contribution in [-0.2, 0) is 5.41 Å². The molecule has 9 heteroatoms. The van der Waals surface area contributed by atoms with Gasteiger partial charge in [-0.2, -0.15) is 5.10 Å². The van der Waals surface area contributed by atoms with Gasteiger partial charge in [0.1, 0.15) is 5.82 Å². The van der Waals surface area contributed by atoms with Crippen LogP contribution in [0.2, 0.25) is 0 Å². The van der Waals surface area contributed by atoms with Gasteiger partial charge in [0.15, 0.2) is 11.6 Å². The number of anilines is 1. The molecule has 0 saturated carbocycles. The summed E-state index contributed by atoms with van der Waals surface area (Å²) in [6, 6.07) is 6.85. The van der Waals surface area contributed by atoms with Gasteiger partial charge in [-0.3, -0.25) is 4.79 Å². The van der Waals surface area contributed by atoms with Crippen molar-refractivity contribution < 1.29 is 13.6 Å². The minimum Gasteiger partial charge on any atom is -0.306 e. The average molecular weight is 439 g/mol. The number of hydrogen-bond acceptors (Lipinski definition) is 5. The number of halogens is 2. The SMILES string of the molecule is CC(C)(C)c1nn(-c2nccs2)cc1-c1ccc(NC(=O)c2cccc(F)c2F)nc1. The molecule has 0 aliphatic carbocycles. The van der Waals surface area contributed by atoms with Crippen molar-refractivity contribution in [3.63, 3.8) is 0 Å². The monoisotopic (exact) mass is 439 g/mol. The van der Waals surface area contributed by atoms with E-state index < -0.39 is 17.5 Å². The van der Waals surface area contributed by atoms with E-state index in [4.69, 9.17) is 5.10 Å². The quantitative estimate of drug-likeness (QED) is 0.473. The maximum absolute atomic E-state index is 13.8. The first-order valence-electron chi connectivity index (χ1n) is 9.46. The molecular weight excluding hydrogens is 420 g/mol. The van der Waals surface area contributed by atoms with E-state index in [9.17, 15) is 13.6 Å². The number of carbonyl (C=O) groups excluding carboxylic acids is 1. The van der Waals surface area contributed by atoms with E-state index in [0.29, 0.717) is 0 Å². The van der Waals surface area contributed by atoms with Crippen LogP contribution in [0.3, 0.4) is 0 Å². The lowest BCUT2D eigenvalue weighted by Crippen LogP contribution is -2.15. The Labute approximate surface area is 181 Å². The molecule has 0 radical (unpaired) electrons. The van der Waals surface area contributed by atoms with Crippen molar-refractivity contribution in [3.8, 4) is 16.3 Å². The summed E-state index contributed by atoms with van der Waals surface area (Å²) in [6.45, 7) is 6.21. The second kappa shape index (κ2) is 7.99. The number of amides is 1. The highest BCUT2D eigenvalue weighted by atomic mass is 32.1. The minimum absolute atomic E-state index is 0.223. The number of hydrogen-bond donors (Lipinski definition) is 1. The molecule has 0 aliphatic heterocycles. The van der Waals surface area contributed by atoms with Gasteiger partial charge in [0.05, 0.1) is 11.3 Å². The number of benzene rings is 1. The largest absolute Gasteiger partial charge is 0.306 e. The van der Waals surface area contributed by atoms with Crippen LogP contribution >= 0.6 is 11.3 Å². The maximum atomic E-state index is 13.8. The van der Waals surface area contributed by atoms with Gasteiger partial charge in [-0.1, -0.05) is 26.8 Å². The Morgan fingerprint density at radius 2 is 1.94 bits per heavy atom. The molecule has 3 aromatic heterocycles. The standard InChI is InChI=1S/C22H19F2N5OS/c1-22(2,3)19-15(12-29(28-19)21-25-9-10-31-21)13-7-8-17(26-11-13)27-20(30)14-5-4-6-16(23)18(14)24/h4-12H,1-3H3,(H,26,27,30). The summed E-state index contributed by atoms with van der Waals surface area (Å²) >= 11 is 1.48. The number of rotatable bonds is 4. The molecule has 0 bridgehead atoms. The van der Waals surface area contributed by atoms with E-state index >= 15 is 0 Å². The molecule has 0 fully saturated rings. The molecule has 1 amide bonds. The third-order valence-electron chi connectivity index (χ3n) is 4.55. The number of aromatic nitrogens is 4. The molecule has 1 N–H and O–H groups in total. The summed E-state index contributed by atoms with van der Waals surface area (Å²) in [4.78, 5) is 20.9. The van der Waals surface area contributed by atoms with Gasteiger partial charge in [-0.25, -0.2) is 23.4 Å². The molecule has 0 atom stereocenters. The van der Waals surface area contributed by atoms with Gasteiger partial charge in [-0.05, 0) is 24.3 Å². The smallest absolute Gasteiger partial charge is 0.259 e. The lowest BCUT2D eigenvalue weighted by atomic mass is 9.88. The van der Waals surface area contributed by atoms with Crippen LogP contribution in [0, 0.1) is 11.6 Å². The van der Waals surface area contributed by atoms with E-state index in [-0.39, 0.29) is 16.8 Å². The lowest BCUT2D eigenvalue weighted by molar-refractivity contribution is 0.102. The molecule has 0 unspecified atom stereocenters. The Kier molecular flexibility index (Phi) is 5.36. The third-order valence-corrected chi connectivity index (χ3v) is 5.31. The fraction of sp³-hybridized carbons (Fsp3) is 0.182. The fourth-order valence-electron chi connectivity index (χ4n) is 3.06. The summed E-state index contributed by atoms with van der Waals surface area (Å²) in [5, 5.41) is 9.85. The zero-order valence-electron chi connectivity index (χ0n) is 17.1. The third kappa shape index (κ3) is 4.22. The number of thiazole rings is 1. The van der Waals surface area contributed by atoms with E-state index in [2.05, 4.69) is 36.1 Å². The molecule has 31 heavy (non-hydrogen) atoms. The van der Waals surface area contributed by atoms with E-state index in [1.807, 2.05) is 11.6 Å². The number of pyridine rings is 1. The van der Waals surface area contributed by atoms with E-state index in [1.54, 1.807) is 29.2 Å². The Bertz CT molecular complexity index is 1230. The van der Waals surface area contributed by atoms with Gasteiger partial charge < -0.3 is 5.32 Å². The van der Waals surface area contributed by atoms with Crippen LogP contribution in [0.4, 0.5) is 14.6 Å². The maximum Gasteiger partial charge on any atom is 0.259 e. The summed E-state index contributed by atoms with van der Waals surface area (Å²) in [5.41, 5.74) is 1.97. The van der Waals surface area contributed by atoms with E-state index in [0.717, 1.165) is 28.0 Å². The van der Waals surface area contributed by atoms with Crippen LogP contribution in [0.5, 0.6) is 0 Å². The second-order valence-electron chi connectivity index (χ2n) is 7.89. The van der Waals surface area contributed by atoms with Gasteiger partial charge >= 0.3 is 0 Å². The number of carbonyl (C=O) groups is 1. The summed E-state index contributed by atoms with van der Waals surface area (Å²) in [5.74, 6) is -2.82. The fourth-order valence-corrected chi connectivity index (χ4v) is 3.62. The second-order valence-corrected chi connectivity index (χ2v) is 8.76. The van der Waals surface area contributed by atoms with Gasteiger partial charge in [0.25, 0.3) is 5.91 Å². The highest BCUT2D eigenvalue weighted by Gasteiger charge is 2.24. The van der Waals surface area contributed by atoms with E-state index in [1.165, 1.54) is 23.5 Å². The first kappa shape index (κ1) is 20.8. The Hall–Kier alpha value is -3.46. The summed E-state index contributed by atoms with van der Waals surface area (Å²) in [6.07, 6.45) is 5.23. The van der Waals surface area contributed by atoms with Gasteiger partial charge in [0.2, 0.25) is 5.13 Å². The molecule has 4 aromatic rings. The molecule has 6 nitrogen and oxygen atoms in total. The molecule has 0 aliphatic rings. The van der Waals surface area contributed by atoms with Crippen LogP contribution in [-0.4, -0.2) is 25.7 Å². The van der Waals surface area contributed by atoms with Crippen LogP contribution in [0.15, 0.2) is 54.3 Å². The normalized spacial score (nSPS) is 11.5. The van der Waals surface area contributed by atoms with Crippen LogP contribution in [0.25, 0.3) is 16.3 Å². The first-order valence-corrected chi connectivity index (χ1v) is 10.3. The average Bonchev–Trinajstić information content (AvgIpc) is 3.40. The Morgan fingerprint density at radius 3 is 2.58 bits per heavy atom. The minimum atomic E-state index is -1.19. The zero-order valence-corrected chi connectivity index (χ0v) is 17.9. The van der Waals surface area contributed by atoms with Gasteiger partial charge in [-0.15, -0.1) is 11.3 Å². The number of nitrogens with one attached hydrogen (secondary N) is 1. The summed E-state index contributed by atoms with van der Waals surface area (Å²) < 4.78 is 29.0. The highest BCUT2D eigenvalue weighted by molar-refractivity contribution is 7.12.